The zero-order chi connectivity index (χ0) is 16.4. The second kappa shape index (κ2) is 10.1. The van der Waals surface area contributed by atoms with Gasteiger partial charge in [-0.15, -0.1) is 11.8 Å². The highest BCUT2D eigenvalue weighted by molar-refractivity contribution is 8.00. The van der Waals surface area contributed by atoms with Crippen molar-refractivity contribution in [1.82, 2.24) is 5.32 Å². The number of benzene rings is 1. The first kappa shape index (κ1) is 18.3. The standard InChI is InChI=1S/C14H17ClN2O4S/c1-2-16-12(18)7-21-14(20)9-22-8-13(19)17-11-5-3-10(15)4-6-11/h3-6H,2,7-9H2,1H3,(H,16,18)(H,17,19). The quantitative estimate of drug-likeness (QED) is 0.701. The summed E-state index contributed by atoms with van der Waals surface area (Å²) >= 11 is 6.85. The maximum Gasteiger partial charge on any atom is 0.316 e. The Hall–Kier alpha value is -1.73. The maximum absolute atomic E-state index is 11.6. The third kappa shape index (κ3) is 7.90. The van der Waals surface area contributed by atoms with Crippen molar-refractivity contribution in [2.24, 2.45) is 0 Å². The molecule has 0 aliphatic carbocycles. The molecule has 0 aliphatic rings. The molecule has 22 heavy (non-hydrogen) atoms. The minimum absolute atomic E-state index is 0.00738. The first-order chi connectivity index (χ1) is 10.5. The van der Waals surface area contributed by atoms with Crippen molar-refractivity contribution >= 4 is 46.8 Å². The van der Waals surface area contributed by atoms with Gasteiger partial charge in [-0.1, -0.05) is 11.6 Å². The number of amides is 2. The van der Waals surface area contributed by atoms with Crippen molar-refractivity contribution in [2.75, 3.05) is 30.0 Å². The molecule has 1 aromatic carbocycles. The van der Waals surface area contributed by atoms with Crippen LogP contribution in [-0.4, -0.2) is 42.4 Å². The molecule has 8 heteroatoms. The summed E-state index contributed by atoms with van der Waals surface area (Å²) in [7, 11) is 0. The Morgan fingerprint density at radius 2 is 1.82 bits per heavy atom. The number of esters is 1. The minimum Gasteiger partial charge on any atom is -0.455 e. The summed E-state index contributed by atoms with van der Waals surface area (Å²) in [4.78, 5) is 34.1. The maximum atomic E-state index is 11.6. The van der Waals surface area contributed by atoms with Gasteiger partial charge in [-0.3, -0.25) is 14.4 Å². The fourth-order valence-electron chi connectivity index (χ4n) is 1.39. The molecule has 0 aliphatic heterocycles. The number of hydrogen-bond donors (Lipinski definition) is 2. The third-order valence-electron chi connectivity index (χ3n) is 2.32. The van der Waals surface area contributed by atoms with Gasteiger partial charge in [0, 0.05) is 17.3 Å². The van der Waals surface area contributed by atoms with Crippen molar-refractivity contribution in [3.63, 3.8) is 0 Å². The van der Waals surface area contributed by atoms with Crippen molar-refractivity contribution in [3.8, 4) is 0 Å². The molecule has 1 rings (SSSR count). The SMILES string of the molecule is CCNC(=O)COC(=O)CSCC(=O)Nc1ccc(Cl)cc1. The fourth-order valence-corrected chi connectivity index (χ4v) is 2.13. The molecule has 120 valence electrons. The molecule has 0 spiro atoms. The molecular weight excluding hydrogens is 328 g/mol. The van der Waals surface area contributed by atoms with Crippen molar-refractivity contribution in [1.29, 1.82) is 0 Å². The van der Waals surface area contributed by atoms with Crippen LogP contribution in [0.1, 0.15) is 6.92 Å². The Balaban J connectivity index is 2.17. The fraction of sp³-hybridized carbons (Fsp3) is 0.357. The van der Waals surface area contributed by atoms with Gasteiger partial charge in [0.1, 0.15) is 0 Å². The zero-order valence-corrected chi connectivity index (χ0v) is 13.6. The highest BCUT2D eigenvalue weighted by Crippen LogP contribution is 2.13. The van der Waals surface area contributed by atoms with Crippen LogP contribution in [0.4, 0.5) is 5.69 Å². The van der Waals surface area contributed by atoms with E-state index in [-0.39, 0.29) is 29.9 Å². The van der Waals surface area contributed by atoms with Crippen LogP contribution in [-0.2, 0) is 19.1 Å². The molecular formula is C14H17ClN2O4S. The van der Waals surface area contributed by atoms with E-state index in [4.69, 9.17) is 16.3 Å². The number of hydrogen-bond acceptors (Lipinski definition) is 5. The van der Waals surface area contributed by atoms with Crippen LogP contribution in [0.5, 0.6) is 0 Å². The van der Waals surface area contributed by atoms with Crippen molar-refractivity contribution in [3.05, 3.63) is 29.3 Å². The van der Waals surface area contributed by atoms with E-state index in [2.05, 4.69) is 10.6 Å². The molecule has 0 atom stereocenters. The lowest BCUT2D eigenvalue weighted by molar-refractivity contribution is -0.145. The largest absolute Gasteiger partial charge is 0.455 e. The first-order valence-electron chi connectivity index (χ1n) is 6.56. The normalized spacial score (nSPS) is 9.91. The van der Waals surface area contributed by atoms with Gasteiger partial charge in [0.05, 0.1) is 11.5 Å². The number of rotatable bonds is 8. The summed E-state index contributed by atoms with van der Waals surface area (Å²) in [6.45, 7) is 1.95. The van der Waals surface area contributed by atoms with E-state index in [1.807, 2.05) is 0 Å². The second-order valence-electron chi connectivity index (χ2n) is 4.16. The zero-order valence-electron chi connectivity index (χ0n) is 12.1. The van der Waals surface area contributed by atoms with Gasteiger partial charge in [-0.2, -0.15) is 0 Å². The molecule has 2 N–H and O–H groups in total. The molecule has 1 aromatic rings. The smallest absolute Gasteiger partial charge is 0.316 e. The lowest BCUT2D eigenvalue weighted by Gasteiger charge is -2.06. The van der Waals surface area contributed by atoms with Gasteiger partial charge in [0.2, 0.25) is 5.91 Å². The van der Waals surface area contributed by atoms with Crippen molar-refractivity contribution < 1.29 is 19.1 Å². The van der Waals surface area contributed by atoms with Crippen LogP contribution in [0.2, 0.25) is 5.02 Å². The molecule has 0 saturated carbocycles. The molecule has 6 nitrogen and oxygen atoms in total. The number of likely N-dealkylation sites (N-methyl/N-ethyl adjacent to an activating group) is 1. The van der Waals surface area contributed by atoms with Gasteiger partial charge in [-0.25, -0.2) is 0 Å². The van der Waals surface area contributed by atoms with Crippen molar-refractivity contribution in [2.45, 2.75) is 6.92 Å². The Kier molecular flexibility index (Phi) is 8.39. The molecule has 0 aromatic heterocycles. The highest BCUT2D eigenvalue weighted by atomic mass is 35.5. The average Bonchev–Trinajstić information content (AvgIpc) is 2.48. The predicted octanol–water partition coefficient (Wildman–Crippen LogP) is 1.69. The number of nitrogens with one attached hydrogen (secondary N) is 2. The number of thioether (sulfide) groups is 1. The van der Waals surface area contributed by atoms with Gasteiger partial charge in [-0.05, 0) is 31.2 Å². The summed E-state index contributed by atoms with van der Waals surface area (Å²) in [5, 5.41) is 5.77. The Labute approximate surface area is 137 Å². The summed E-state index contributed by atoms with van der Waals surface area (Å²) in [6.07, 6.45) is 0. The van der Waals surface area contributed by atoms with Crippen LogP contribution >= 0.6 is 23.4 Å². The number of carbonyl (C=O) groups excluding carboxylic acids is 3. The number of halogens is 1. The van der Waals surface area contributed by atoms with Crippen LogP contribution in [0.15, 0.2) is 24.3 Å². The van der Waals surface area contributed by atoms with Gasteiger partial charge >= 0.3 is 5.97 Å². The topological polar surface area (TPSA) is 84.5 Å². The van der Waals surface area contributed by atoms with Gasteiger partial charge in [0.25, 0.3) is 5.91 Å². The summed E-state index contributed by atoms with van der Waals surface area (Å²) in [6, 6.07) is 6.71. The predicted molar refractivity (Wildman–Crippen MR) is 87.0 cm³/mol. The molecule has 2 amide bonds. The van der Waals surface area contributed by atoms with E-state index < -0.39 is 5.97 Å². The van der Waals surface area contributed by atoms with E-state index in [9.17, 15) is 14.4 Å². The minimum atomic E-state index is -0.532. The molecule has 0 fully saturated rings. The van der Waals surface area contributed by atoms with E-state index in [0.29, 0.717) is 17.3 Å². The van der Waals surface area contributed by atoms with Crippen LogP contribution in [0, 0.1) is 0 Å². The van der Waals surface area contributed by atoms with Gasteiger partial charge in [0.15, 0.2) is 6.61 Å². The van der Waals surface area contributed by atoms with Crippen LogP contribution in [0.3, 0.4) is 0 Å². The lowest BCUT2D eigenvalue weighted by Crippen LogP contribution is -2.28. The molecule has 0 unspecified atom stereocenters. The molecule has 0 bridgehead atoms. The monoisotopic (exact) mass is 344 g/mol. The molecule has 0 saturated heterocycles. The average molecular weight is 345 g/mol. The van der Waals surface area contributed by atoms with E-state index in [0.717, 1.165) is 11.8 Å². The lowest BCUT2D eigenvalue weighted by atomic mass is 10.3. The van der Waals surface area contributed by atoms with E-state index in [1.165, 1.54) is 0 Å². The number of ether oxygens (including phenoxy) is 1. The Morgan fingerprint density at radius 3 is 2.45 bits per heavy atom. The van der Waals surface area contributed by atoms with Crippen LogP contribution < -0.4 is 10.6 Å². The summed E-state index contributed by atoms with van der Waals surface area (Å²) < 4.78 is 4.75. The van der Waals surface area contributed by atoms with E-state index in [1.54, 1.807) is 31.2 Å². The second-order valence-corrected chi connectivity index (χ2v) is 5.58. The first-order valence-corrected chi connectivity index (χ1v) is 8.10. The highest BCUT2D eigenvalue weighted by Gasteiger charge is 2.09. The number of anilines is 1. The summed E-state index contributed by atoms with van der Waals surface area (Å²) in [5.74, 6) is -0.993. The molecule has 0 radical (unpaired) electrons. The molecule has 0 heterocycles. The van der Waals surface area contributed by atoms with E-state index >= 15 is 0 Å². The third-order valence-corrected chi connectivity index (χ3v) is 3.48. The number of carbonyl (C=O) groups is 3. The van der Waals surface area contributed by atoms with Gasteiger partial charge < -0.3 is 15.4 Å². The summed E-state index contributed by atoms with van der Waals surface area (Å²) in [5.41, 5.74) is 0.633. The van der Waals surface area contributed by atoms with Crippen LogP contribution in [0.25, 0.3) is 0 Å². The Morgan fingerprint density at radius 1 is 1.14 bits per heavy atom. The Bertz CT molecular complexity index is 522.